The van der Waals surface area contributed by atoms with Crippen LogP contribution >= 0.6 is 0 Å². The third-order valence-corrected chi connectivity index (χ3v) is 9.22. The van der Waals surface area contributed by atoms with Gasteiger partial charge in [0, 0.05) is 47.9 Å². The first-order valence-corrected chi connectivity index (χ1v) is 16.7. The number of fused-ring (bicyclic) bond motifs is 2. The number of nitrogens with zero attached hydrogens (tertiary/aromatic N) is 3. The summed E-state index contributed by atoms with van der Waals surface area (Å²) in [7, 11) is 0. The molecule has 0 bridgehead atoms. The molecule has 0 radical (unpaired) electrons. The molecule has 8 rings (SSSR count). The predicted molar refractivity (Wildman–Crippen MR) is 199 cm³/mol. The molecule has 4 aromatic carbocycles. The van der Waals surface area contributed by atoms with Crippen LogP contribution in [-0.4, -0.2) is 26.1 Å². The normalized spacial score (nSPS) is 11.4. The highest BCUT2D eigenvalue weighted by Gasteiger charge is 2.21. The number of anilines is 2. The van der Waals surface area contributed by atoms with Crippen LogP contribution in [0.4, 0.5) is 11.4 Å². The van der Waals surface area contributed by atoms with Crippen LogP contribution in [0.1, 0.15) is 48.9 Å². The van der Waals surface area contributed by atoms with E-state index in [0.717, 1.165) is 38.6 Å². The van der Waals surface area contributed by atoms with Gasteiger partial charge in [0.2, 0.25) is 5.76 Å². The number of rotatable bonds is 9. The SMILES string of the molecule is Cc1ccc(Cn2cc(NC(=O)c3ccno3)c3cc(-c4cc(C(=O)Nc5cn(Cc6ccc(C)cc6)c6ccccc56)c(C)o4)ccc32)cc1. The minimum atomic E-state index is -0.402. The molecule has 51 heavy (non-hydrogen) atoms. The van der Waals surface area contributed by atoms with Crippen molar-refractivity contribution in [1.82, 2.24) is 14.3 Å². The van der Waals surface area contributed by atoms with E-state index < -0.39 is 5.91 Å². The molecule has 0 atom stereocenters. The van der Waals surface area contributed by atoms with Gasteiger partial charge in [-0.05, 0) is 62.2 Å². The summed E-state index contributed by atoms with van der Waals surface area (Å²) in [6, 6.07) is 34.1. The van der Waals surface area contributed by atoms with E-state index >= 15 is 0 Å². The number of carbonyl (C=O) groups is 2. The molecule has 0 fully saturated rings. The summed E-state index contributed by atoms with van der Waals surface area (Å²) in [5.41, 5.74) is 9.22. The number of aryl methyl sites for hydroxylation is 3. The predicted octanol–water partition coefficient (Wildman–Crippen LogP) is 9.37. The second-order valence-electron chi connectivity index (χ2n) is 12.9. The van der Waals surface area contributed by atoms with Crippen molar-refractivity contribution in [1.29, 1.82) is 0 Å². The van der Waals surface area contributed by atoms with Crippen molar-refractivity contribution in [2.45, 2.75) is 33.9 Å². The van der Waals surface area contributed by atoms with Crippen LogP contribution < -0.4 is 10.6 Å². The average Bonchev–Trinajstić information content (AvgIpc) is 3.94. The van der Waals surface area contributed by atoms with Crippen LogP contribution in [0.25, 0.3) is 33.1 Å². The molecule has 0 aliphatic rings. The molecule has 2 amide bonds. The second kappa shape index (κ2) is 13.0. The van der Waals surface area contributed by atoms with E-state index in [1.807, 2.05) is 48.8 Å². The van der Waals surface area contributed by atoms with Gasteiger partial charge in [0.1, 0.15) is 11.5 Å². The molecule has 0 aliphatic carbocycles. The highest BCUT2D eigenvalue weighted by Crippen LogP contribution is 2.34. The van der Waals surface area contributed by atoms with Gasteiger partial charge in [-0.25, -0.2) is 0 Å². The van der Waals surface area contributed by atoms with E-state index in [2.05, 4.69) is 93.4 Å². The molecule has 4 aromatic heterocycles. The zero-order valence-electron chi connectivity index (χ0n) is 28.4. The number of hydrogen-bond acceptors (Lipinski definition) is 5. The van der Waals surface area contributed by atoms with Crippen LogP contribution in [0.5, 0.6) is 0 Å². The van der Waals surface area contributed by atoms with Gasteiger partial charge in [-0.2, -0.15) is 0 Å². The average molecular weight is 674 g/mol. The lowest BCUT2D eigenvalue weighted by atomic mass is 10.1. The van der Waals surface area contributed by atoms with E-state index in [4.69, 9.17) is 8.94 Å². The molecule has 2 N–H and O–H groups in total. The lowest BCUT2D eigenvalue weighted by Gasteiger charge is -2.06. The maximum Gasteiger partial charge on any atom is 0.294 e. The Kier molecular flexibility index (Phi) is 8.08. The highest BCUT2D eigenvalue weighted by atomic mass is 16.5. The Balaban J connectivity index is 1.10. The van der Waals surface area contributed by atoms with Crippen molar-refractivity contribution in [3.63, 3.8) is 0 Å². The van der Waals surface area contributed by atoms with Crippen LogP contribution in [-0.2, 0) is 13.1 Å². The first-order chi connectivity index (χ1) is 24.8. The summed E-state index contributed by atoms with van der Waals surface area (Å²) in [6.07, 6.45) is 5.34. The van der Waals surface area contributed by atoms with Crippen LogP contribution in [0, 0.1) is 20.8 Å². The molecule has 0 spiro atoms. The van der Waals surface area contributed by atoms with E-state index in [0.29, 0.717) is 35.9 Å². The number of benzene rings is 4. The number of aromatic nitrogens is 3. The van der Waals surface area contributed by atoms with E-state index in [-0.39, 0.29) is 11.7 Å². The minimum Gasteiger partial charge on any atom is -0.461 e. The topological polar surface area (TPSA) is 107 Å². The fourth-order valence-corrected chi connectivity index (χ4v) is 6.49. The molecule has 9 heteroatoms. The lowest BCUT2D eigenvalue weighted by molar-refractivity contribution is 0.0986. The summed E-state index contributed by atoms with van der Waals surface area (Å²) < 4.78 is 15.6. The van der Waals surface area contributed by atoms with Gasteiger partial charge in [0.15, 0.2) is 0 Å². The van der Waals surface area contributed by atoms with Gasteiger partial charge in [0.25, 0.3) is 11.8 Å². The fraction of sp³-hybridized carbons (Fsp3) is 0.119. The molecular formula is C42H35N5O4. The first kappa shape index (κ1) is 31.6. The quantitative estimate of drug-likeness (QED) is 0.159. The molecule has 0 aliphatic heterocycles. The van der Waals surface area contributed by atoms with Gasteiger partial charge < -0.3 is 28.7 Å². The van der Waals surface area contributed by atoms with Crippen molar-refractivity contribution >= 4 is 45.0 Å². The molecule has 0 unspecified atom stereocenters. The van der Waals surface area contributed by atoms with Gasteiger partial charge in [-0.3, -0.25) is 9.59 Å². The van der Waals surface area contributed by atoms with Gasteiger partial charge in [-0.1, -0.05) is 83.0 Å². The third-order valence-electron chi connectivity index (χ3n) is 9.22. The number of furan rings is 1. The fourth-order valence-electron chi connectivity index (χ4n) is 6.49. The van der Waals surface area contributed by atoms with Crippen LogP contribution in [0.2, 0.25) is 0 Å². The number of nitrogens with one attached hydrogen (secondary N) is 2. The van der Waals surface area contributed by atoms with E-state index in [1.165, 1.54) is 29.0 Å². The Morgan fingerprint density at radius 1 is 0.667 bits per heavy atom. The second-order valence-corrected chi connectivity index (χ2v) is 12.9. The van der Waals surface area contributed by atoms with Crippen molar-refractivity contribution in [3.05, 3.63) is 161 Å². The molecule has 0 saturated carbocycles. The van der Waals surface area contributed by atoms with Crippen LogP contribution in [0.15, 0.2) is 131 Å². The molecule has 9 nitrogen and oxygen atoms in total. The largest absolute Gasteiger partial charge is 0.461 e. The Morgan fingerprint density at radius 2 is 1.27 bits per heavy atom. The van der Waals surface area contributed by atoms with Gasteiger partial charge >= 0.3 is 0 Å². The summed E-state index contributed by atoms with van der Waals surface area (Å²) >= 11 is 0. The summed E-state index contributed by atoms with van der Waals surface area (Å²) in [5.74, 6) is 0.495. The molecule has 0 saturated heterocycles. The van der Waals surface area contributed by atoms with Crippen LogP contribution in [0.3, 0.4) is 0 Å². The summed E-state index contributed by atoms with van der Waals surface area (Å²) in [5, 5.41) is 11.6. The van der Waals surface area contributed by atoms with Crippen molar-refractivity contribution in [3.8, 4) is 11.3 Å². The zero-order valence-corrected chi connectivity index (χ0v) is 28.4. The molecule has 4 heterocycles. The Hall–Kier alpha value is -6.61. The Morgan fingerprint density at radius 3 is 1.92 bits per heavy atom. The highest BCUT2D eigenvalue weighted by molar-refractivity contribution is 6.11. The van der Waals surface area contributed by atoms with Gasteiger partial charge in [-0.15, -0.1) is 0 Å². The number of hydrogen-bond donors (Lipinski definition) is 2. The molecule has 252 valence electrons. The maximum atomic E-state index is 13.8. The zero-order chi connectivity index (χ0) is 35.1. The monoisotopic (exact) mass is 673 g/mol. The Bertz CT molecular complexity index is 2540. The van der Waals surface area contributed by atoms with Crippen molar-refractivity contribution in [2.75, 3.05) is 10.6 Å². The smallest absolute Gasteiger partial charge is 0.294 e. The molecular weight excluding hydrogens is 638 g/mol. The van der Waals surface area contributed by atoms with Crippen molar-refractivity contribution in [2.24, 2.45) is 0 Å². The Labute approximate surface area is 294 Å². The summed E-state index contributed by atoms with van der Waals surface area (Å²) in [6.45, 7) is 7.22. The maximum absolute atomic E-state index is 13.8. The number of para-hydroxylation sites is 1. The number of amides is 2. The lowest BCUT2D eigenvalue weighted by Crippen LogP contribution is -2.11. The minimum absolute atomic E-state index is 0.112. The van der Waals surface area contributed by atoms with E-state index in [1.54, 1.807) is 13.0 Å². The standard InChI is InChI=1S/C42H35N5O4/c1-26-8-12-29(13-9-26)22-46-24-35(32-6-4-5-7-37(32)46)44-41(48)33-21-40(50-28(33)3)31-16-17-38-34(20-31)36(45-42(49)39-18-19-43-51-39)25-47(38)23-30-14-10-27(2)11-15-30/h4-21,24-25H,22-23H2,1-3H3,(H,44,48)(H,45,49). The summed E-state index contributed by atoms with van der Waals surface area (Å²) in [4.78, 5) is 26.8. The third kappa shape index (κ3) is 6.33. The van der Waals surface area contributed by atoms with Crippen molar-refractivity contribution < 1.29 is 18.5 Å². The first-order valence-electron chi connectivity index (χ1n) is 16.7. The van der Waals surface area contributed by atoms with E-state index in [9.17, 15) is 9.59 Å². The number of carbonyl (C=O) groups excluding carboxylic acids is 2. The molecule has 8 aromatic rings. The van der Waals surface area contributed by atoms with Gasteiger partial charge in [0.05, 0.1) is 34.2 Å².